The lowest BCUT2D eigenvalue weighted by Crippen LogP contribution is -2.40. The van der Waals surface area contributed by atoms with Crippen LogP contribution in [0.5, 0.6) is 0 Å². The number of nitrogens with zero attached hydrogens (tertiary/aromatic N) is 4. The van der Waals surface area contributed by atoms with Gasteiger partial charge in [0.2, 0.25) is 0 Å². The first-order chi connectivity index (χ1) is 17.7. The van der Waals surface area contributed by atoms with Crippen molar-refractivity contribution in [2.24, 2.45) is 0 Å². The van der Waals surface area contributed by atoms with E-state index < -0.39 is 17.9 Å². The van der Waals surface area contributed by atoms with Gasteiger partial charge in [-0.25, -0.2) is 23.9 Å². The summed E-state index contributed by atoms with van der Waals surface area (Å²) in [5.74, 6) is -0.292. The maximum absolute atomic E-state index is 12.8. The SMILES string of the molecule is CCn1c(CNC(=O)c2nc(Br)cnc2N)[n+](CC)c2ccc(C(=O)N[C@@H]3CCOC3=O)cc21.O=CO. The maximum atomic E-state index is 12.8. The molecular weight excluding hydrogens is 550 g/mol. The smallest absolute Gasteiger partial charge is 0.328 e. The lowest BCUT2D eigenvalue weighted by atomic mass is 10.1. The number of halogens is 1. The minimum Gasteiger partial charge on any atom is -0.483 e. The van der Waals surface area contributed by atoms with E-state index in [1.807, 2.05) is 24.5 Å². The monoisotopic (exact) mass is 576 g/mol. The highest BCUT2D eigenvalue weighted by molar-refractivity contribution is 9.10. The van der Waals surface area contributed by atoms with Crippen LogP contribution in [0.4, 0.5) is 5.82 Å². The zero-order valence-corrected chi connectivity index (χ0v) is 21.8. The first-order valence-electron chi connectivity index (χ1n) is 11.4. The van der Waals surface area contributed by atoms with Gasteiger partial charge in [0.15, 0.2) is 22.5 Å². The summed E-state index contributed by atoms with van der Waals surface area (Å²) >= 11 is 3.20. The van der Waals surface area contributed by atoms with E-state index in [0.717, 1.165) is 16.9 Å². The molecule has 0 bridgehead atoms. The van der Waals surface area contributed by atoms with Gasteiger partial charge in [0.25, 0.3) is 24.1 Å². The number of hydrogen-bond acceptors (Lipinski definition) is 8. The second kappa shape index (κ2) is 12.3. The minimum absolute atomic E-state index is 0.0426. The molecule has 3 aromatic rings. The summed E-state index contributed by atoms with van der Waals surface area (Å²) in [6.07, 6.45) is 1.89. The van der Waals surface area contributed by atoms with Crippen molar-refractivity contribution in [3.63, 3.8) is 0 Å². The van der Waals surface area contributed by atoms with Crippen LogP contribution in [0.15, 0.2) is 29.0 Å². The van der Waals surface area contributed by atoms with Crippen LogP contribution in [0.2, 0.25) is 0 Å². The molecule has 0 unspecified atom stereocenters. The van der Waals surface area contributed by atoms with Crippen molar-refractivity contribution < 1.29 is 33.6 Å². The molecule has 2 aromatic heterocycles. The van der Waals surface area contributed by atoms with Crippen molar-refractivity contribution >= 4 is 57.0 Å². The van der Waals surface area contributed by atoms with Crippen LogP contribution in [-0.2, 0) is 34.0 Å². The summed E-state index contributed by atoms with van der Waals surface area (Å²) in [7, 11) is 0. The Hall–Kier alpha value is -4.07. The number of fused-ring (bicyclic) bond motifs is 1. The number of nitrogens with one attached hydrogen (secondary N) is 2. The topological polar surface area (TPSA) is 182 Å². The zero-order chi connectivity index (χ0) is 27.1. The Kier molecular flexibility index (Phi) is 9.11. The van der Waals surface area contributed by atoms with E-state index in [0.29, 0.717) is 36.3 Å². The number of carbonyl (C=O) groups is 4. The zero-order valence-electron chi connectivity index (χ0n) is 20.2. The fraction of sp³-hybridized carbons (Fsp3) is 0.348. The number of aromatic nitrogens is 4. The quantitative estimate of drug-likeness (QED) is 0.179. The van der Waals surface area contributed by atoms with Gasteiger partial charge in [-0.1, -0.05) is 0 Å². The molecule has 5 N–H and O–H groups in total. The van der Waals surface area contributed by atoms with E-state index in [1.165, 1.54) is 6.20 Å². The number of ether oxygens (including phenoxy) is 1. The van der Waals surface area contributed by atoms with Gasteiger partial charge >= 0.3 is 5.97 Å². The van der Waals surface area contributed by atoms with E-state index in [9.17, 15) is 14.4 Å². The number of anilines is 1. The molecular formula is C23H27BrN7O6+. The van der Waals surface area contributed by atoms with Gasteiger partial charge in [0, 0.05) is 18.1 Å². The van der Waals surface area contributed by atoms with Crippen molar-refractivity contribution in [1.29, 1.82) is 0 Å². The Labute approximate surface area is 220 Å². The number of carbonyl (C=O) groups excluding carboxylic acids is 3. The van der Waals surface area contributed by atoms with Crippen molar-refractivity contribution in [1.82, 2.24) is 25.2 Å². The van der Waals surface area contributed by atoms with Crippen molar-refractivity contribution in [2.45, 2.75) is 45.9 Å². The molecule has 0 spiro atoms. The maximum Gasteiger partial charge on any atom is 0.328 e. The van der Waals surface area contributed by atoms with Gasteiger partial charge in [-0.3, -0.25) is 14.4 Å². The van der Waals surface area contributed by atoms with Crippen molar-refractivity contribution in [2.75, 3.05) is 12.3 Å². The van der Waals surface area contributed by atoms with Gasteiger partial charge in [0.1, 0.15) is 17.2 Å². The Balaban J connectivity index is 0.00000121. The van der Waals surface area contributed by atoms with Crippen LogP contribution in [0, 0.1) is 0 Å². The lowest BCUT2D eigenvalue weighted by molar-refractivity contribution is -0.676. The van der Waals surface area contributed by atoms with Crippen molar-refractivity contribution in [3.8, 4) is 0 Å². The number of benzene rings is 1. The number of esters is 1. The summed E-state index contributed by atoms with van der Waals surface area (Å²) in [5.41, 5.74) is 8.06. The molecule has 0 radical (unpaired) electrons. The third-order valence-electron chi connectivity index (χ3n) is 5.71. The summed E-state index contributed by atoms with van der Waals surface area (Å²) < 4.78 is 9.44. The van der Waals surface area contributed by atoms with Crippen LogP contribution in [-0.4, -0.2) is 56.5 Å². The highest BCUT2D eigenvalue weighted by Crippen LogP contribution is 2.19. The van der Waals surface area contributed by atoms with E-state index in [2.05, 4.69) is 41.1 Å². The first kappa shape index (κ1) is 27.5. The Morgan fingerprint density at radius 3 is 2.70 bits per heavy atom. The third-order valence-corrected chi connectivity index (χ3v) is 6.09. The average Bonchev–Trinajstić information content (AvgIpc) is 3.43. The van der Waals surface area contributed by atoms with Gasteiger partial charge in [-0.15, -0.1) is 0 Å². The Bertz CT molecular complexity index is 1340. The molecule has 1 fully saturated rings. The van der Waals surface area contributed by atoms with E-state index in [1.54, 1.807) is 12.1 Å². The molecule has 1 aliphatic rings. The molecule has 1 aliphatic heterocycles. The summed E-state index contributed by atoms with van der Waals surface area (Å²) in [6, 6.07) is 4.77. The molecule has 0 saturated carbocycles. The summed E-state index contributed by atoms with van der Waals surface area (Å²) in [4.78, 5) is 53.6. The van der Waals surface area contributed by atoms with Crippen molar-refractivity contribution in [3.05, 3.63) is 46.1 Å². The van der Waals surface area contributed by atoms with Gasteiger partial charge in [-0.2, -0.15) is 0 Å². The van der Waals surface area contributed by atoms with Crippen LogP contribution in [0.1, 0.15) is 46.9 Å². The van der Waals surface area contributed by atoms with Crippen LogP contribution >= 0.6 is 15.9 Å². The molecule has 1 atom stereocenters. The summed E-state index contributed by atoms with van der Waals surface area (Å²) in [6.45, 7) is 5.56. The number of imidazole rings is 1. The van der Waals surface area contributed by atoms with Crippen LogP contribution in [0.25, 0.3) is 11.0 Å². The number of nitrogens with two attached hydrogens (primary N) is 1. The molecule has 1 saturated heterocycles. The van der Waals surface area contributed by atoms with E-state index in [-0.39, 0.29) is 30.4 Å². The molecule has 14 heteroatoms. The average molecular weight is 577 g/mol. The number of nitrogen functional groups attached to an aromatic ring is 1. The highest BCUT2D eigenvalue weighted by Gasteiger charge is 2.29. The molecule has 196 valence electrons. The third kappa shape index (κ3) is 6.02. The Morgan fingerprint density at radius 2 is 2.08 bits per heavy atom. The summed E-state index contributed by atoms with van der Waals surface area (Å²) in [5, 5.41) is 12.5. The largest absolute Gasteiger partial charge is 0.483 e. The predicted octanol–water partition coefficient (Wildman–Crippen LogP) is 0.779. The molecule has 0 aliphatic carbocycles. The van der Waals surface area contributed by atoms with Crippen LogP contribution < -0.4 is 20.9 Å². The molecule has 4 rings (SSSR count). The van der Waals surface area contributed by atoms with Gasteiger partial charge in [0.05, 0.1) is 25.9 Å². The highest BCUT2D eigenvalue weighted by atomic mass is 79.9. The predicted molar refractivity (Wildman–Crippen MR) is 134 cm³/mol. The molecule has 13 nitrogen and oxygen atoms in total. The normalized spacial score (nSPS) is 14.5. The van der Waals surface area contributed by atoms with Gasteiger partial charge in [-0.05, 0) is 41.9 Å². The minimum atomic E-state index is -0.624. The lowest BCUT2D eigenvalue weighted by Gasteiger charge is -2.08. The number of aryl methyl sites for hydroxylation is 2. The number of hydrogen-bond donors (Lipinski definition) is 4. The number of cyclic esters (lactones) is 1. The standard InChI is InChI=1S/C22H24BrN7O4.CH2O2/c1-3-29-14-6-5-12(20(31)27-13-7-8-34-22(13)33)9-15(14)30(4-2)17(29)11-26-21(32)18-19(24)25-10-16(23)28-18;2-1-3/h5-6,9-10,13H,3-4,7-8,11H2,1-2H3,(H3-,24,25,26,27,31,32);1H,(H,2,3)/p+1/t13-;/m1./s1. The molecule has 3 heterocycles. The number of rotatable bonds is 7. The number of amides is 2. The fourth-order valence-corrected chi connectivity index (χ4v) is 4.36. The molecule has 1 aromatic carbocycles. The second-order valence-electron chi connectivity index (χ2n) is 7.81. The van der Waals surface area contributed by atoms with Gasteiger partial charge < -0.3 is 26.2 Å². The second-order valence-corrected chi connectivity index (χ2v) is 8.62. The molecule has 37 heavy (non-hydrogen) atoms. The first-order valence-corrected chi connectivity index (χ1v) is 12.2. The van der Waals surface area contributed by atoms with Crippen LogP contribution in [0.3, 0.4) is 0 Å². The van der Waals surface area contributed by atoms with E-state index in [4.69, 9.17) is 20.4 Å². The van der Waals surface area contributed by atoms with E-state index >= 15 is 0 Å². The molecule has 2 amide bonds. The Morgan fingerprint density at radius 1 is 1.35 bits per heavy atom. The fourth-order valence-electron chi connectivity index (χ4n) is 4.09. The number of carboxylic acid groups (broad SMARTS) is 1.